The third-order valence-electron chi connectivity index (χ3n) is 3.84. The summed E-state index contributed by atoms with van der Waals surface area (Å²) in [5.41, 5.74) is 3.92. The summed E-state index contributed by atoms with van der Waals surface area (Å²) in [6, 6.07) is 8.66. The second kappa shape index (κ2) is 6.16. The Morgan fingerprint density at radius 2 is 2.14 bits per heavy atom. The van der Waals surface area contributed by atoms with Crippen molar-refractivity contribution in [3.8, 4) is 0 Å². The third kappa shape index (κ3) is 3.11. The Balaban J connectivity index is 1.76. The normalized spacial score (nSPS) is 14.0. The van der Waals surface area contributed by atoms with Gasteiger partial charge in [0.15, 0.2) is 5.13 Å². The summed E-state index contributed by atoms with van der Waals surface area (Å²) in [7, 11) is 0. The Morgan fingerprint density at radius 3 is 2.95 bits per heavy atom. The fourth-order valence-electron chi connectivity index (χ4n) is 2.70. The first-order valence-corrected chi connectivity index (χ1v) is 8.49. The van der Waals surface area contributed by atoms with Crippen LogP contribution in [0, 0.1) is 12.8 Å². The molecule has 0 unspecified atom stereocenters. The molecule has 1 N–H and O–H groups in total. The van der Waals surface area contributed by atoms with Crippen LogP contribution in [0.1, 0.15) is 30.0 Å². The first-order chi connectivity index (χ1) is 10.1. The number of benzene rings is 1. The summed E-state index contributed by atoms with van der Waals surface area (Å²) >= 11 is 1.82. The zero-order valence-electron chi connectivity index (χ0n) is 13.0. The minimum Gasteiger partial charge on any atom is -0.317 e. The van der Waals surface area contributed by atoms with Gasteiger partial charge in [-0.2, -0.15) is 0 Å². The highest BCUT2D eigenvalue weighted by atomic mass is 32.1. The van der Waals surface area contributed by atoms with Crippen LogP contribution in [0.25, 0.3) is 0 Å². The van der Waals surface area contributed by atoms with E-state index in [4.69, 9.17) is 4.98 Å². The molecule has 1 aromatic carbocycles. The molecule has 1 aliphatic heterocycles. The fourth-order valence-corrected chi connectivity index (χ4v) is 3.77. The maximum absolute atomic E-state index is 4.79. The number of nitrogens with zero attached hydrogens (tertiary/aromatic N) is 2. The van der Waals surface area contributed by atoms with Crippen molar-refractivity contribution in [1.29, 1.82) is 0 Å². The molecule has 112 valence electrons. The smallest absolute Gasteiger partial charge is 0.190 e. The molecule has 3 nitrogen and oxygen atoms in total. The van der Waals surface area contributed by atoms with Crippen LogP contribution in [0.4, 0.5) is 10.8 Å². The van der Waals surface area contributed by atoms with E-state index in [0.29, 0.717) is 5.92 Å². The number of anilines is 2. The summed E-state index contributed by atoms with van der Waals surface area (Å²) in [5.74, 6) is 0.683. The number of rotatable bonds is 5. The maximum Gasteiger partial charge on any atom is 0.190 e. The molecule has 0 spiro atoms. The number of para-hydroxylation sites is 1. The summed E-state index contributed by atoms with van der Waals surface area (Å²) < 4.78 is 0. The lowest BCUT2D eigenvalue weighted by Crippen LogP contribution is -2.18. The van der Waals surface area contributed by atoms with Crippen molar-refractivity contribution in [2.75, 3.05) is 18.0 Å². The van der Waals surface area contributed by atoms with Gasteiger partial charge in [-0.15, -0.1) is 0 Å². The first-order valence-electron chi connectivity index (χ1n) is 7.67. The van der Waals surface area contributed by atoms with Gasteiger partial charge in [-0.3, -0.25) is 0 Å². The SMILES string of the molecule is Cc1nc(N2CCc3ccccc32)sc1CNCC(C)C. The maximum atomic E-state index is 4.79. The lowest BCUT2D eigenvalue weighted by molar-refractivity contribution is 0.554. The molecule has 0 saturated carbocycles. The topological polar surface area (TPSA) is 28.2 Å². The molecule has 0 amide bonds. The van der Waals surface area contributed by atoms with Crippen LogP contribution in [0.3, 0.4) is 0 Å². The predicted molar refractivity (Wildman–Crippen MR) is 90.5 cm³/mol. The molecule has 3 rings (SSSR count). The van der Waals surface area contributed by atoms with Crippen LogP contribution in [-0.4, -0.2) is 18.1 Å². The van der Waals surface area contributed by atoms with E-state index in [2.05, 4.69) is 55.3 Å². The van der Waals surface area contributed by atoms with E-state index in [1.54, 1.807) is 0 Å². The van der Waals surface area contributed by atoms with Gasteiger partial charge in [0.2, 0.25) is 0 Å². The van der Waals surface area contributed by atoms with E-state index in [0.717, 1.165) is 36.9 Å². The van der Waals surface area contributed by atoms with Crippen molar-refractivity contribution < 1.29 is 0 Å². The van der Waals surface area contributed by atoms with Crippen molar-refractivity contribution in [3.63, 3.8) is 0 Å². The van der Waals surface area contributed by atoms with E-state index in [9.17, 15) is 0 Å². The molecular formula is C17H23N3S. The van der Waals surface area contributed by atoms with Crippen LogP contribution in [0.15, 0.2) is 24.3 Å². The second-order valence-corrected chi connectivity index (χ2v) is 7.12. The highest BCUT2D eigenvalue weighted by molar-refractivity contribution is 7.15. The number of hydrogen-bond donors (Lipinski definition) is 1. The van der Waals surface area contributed by atoms with Gasteiger partial charge < -0.3 is 10.2 Å². The summed E-state index contributed by atoms with van der Waals surface area (Å²) in [6.07, 6.45) is 1.12. The van der Waals surface area contributed by atoms with Gasteiger partial charge in [-0.25, -0.2) is 4.98 Å². The lowest BCUT2D eigenvalue weighted by atomic mass is 10.2. The van der Waals surface area contributed by atoms with Crippen LogP contribution in [0.2, 0.25) is 0 Å². The molecule has 0 radical (unpaired) electrons. The van der Waals surface area contributed by atoms with Crippen molar-refractivity contribution in [2.45, 2.75) is 33.7 Å². The van der Waals surface area contributed by atoms with Crippen molar-refractivity contribution in [3.05, 3.63) is 40.4 Å². The van der Waals surface area contributed by atoms with Crippen LogP contribution in [-0.2, 0) is 13.0 Å². The summed E-state index contributed by atoms with van der Waals surface area (Å²) in [6.45, 7) is 9.62. The molecule has 0 saturated heterocycles. The van der Waals surface area contributed by atoms with Crippen molar-refractivity contribution in [1.82, 2.24) is 10.3 Å². The molecule has 1 aliphatic rings. The van der Waals surface area contributed by atoms with E-state index in [-0.39, 0.29) is 0 Å². The zero-order chi connectivity index (χ0) is 14.8. The van der Waals surface area contributed by atoms with E-state index < -0.39 is 0 Å². The molecule has 2 aromatic rings. The van der Waals surface area contributed by atoms with Crippen molar-refractivity contribution in [2.24, 2.45) is 5.92 Å². The standard InChI is InChI=1S/C17H23N3S/c1-12(2)10-18-11-16-13(3)19-17(21-16)20-9-8-14-6-4-5-7-15(14)20/h4-7,12,18H,8-11H2,1-3H3. The van der Waals surface area contributed by atoms with Crippen LogP contribution < -0.4 is 10.2 Å². The largest absolute Gasteiger partial charge is 0.317 e. The van der Waals surface area contributed by atoms with Gasteiger partial charge in [0, 0.05) is 23.7 Å². The highest BCUT2D eigenvalue weighted by Gasteiger charge is 2.23. The Hall–Kier alpha value is -1.39. The molecular weight excluding hydrogens is 278 g/mol. The van der Waals surface area contributed by atoms with Crippen molar-refractivity contribution >= 4 is 22.2 Å². The minimum atomic E-state index is 0.683. The monoisotopic (exact) mass is 301 g/mol. The summed E-state index contributed by atoms with van der Waals surface area (Å²) in [4.78, 5) is 8.51. The molecule has 1 aromatic heterocycles. The number of aryl methyl sites for hydroxylation is 1. The van der Waals surface area contributed by atoms with Crippen LogP contribution in [0.5, 0.6) is 0 Å². The number of fused-ring (bicyclic) bond motifs is 1. The molecule has 21 heavy (non-hydrogen) atoms. The zero-order valence-corrected chi connectivity index (χ0v) is 13.8. The van der Waals surface area contributed by atoms with Gasteiger partial charge in [-0.05, 0) is 37.4 Å². The Labute approximate surface area is 131 Å². The third-order valence-corrected chi connectivity index (χ3v) is 5.02. The number of thiazole rings is 1. The molecule has 2 heterocycles. The molecule has 0 atom stereocenters. The first kappa shape index (κ1) is 14.5. The quantitative estimate of drug-likeness (QED) is 0.908. The molecule has 0 bridgehead atoms. The van der Waals surface area contributed by atoms with Gasteiger partial charge in [0.1, 0.15) is 0 Å². The molecule has 0 aliphatic carbocycles. The molecule has 4 heteroatoms. The average molecular weight is 301 g/mol. The number of hydrogen-bond acceptors (Lipinski definition) is 4. The minimum absolute atomic E-state index is 0.683. The molecule has 0 fully saturated rings. The average Bonchev–Trinajstić information content (AvgIpc) is 3.02. The van der Waals surface area contributed by atoms with Gasteiger partial charge >= 0.3 is 0 Å². The van der Waals surface area contributed by atoms with Crippen LogP contribution >= 0.6 is 11.3 Å². The second-order valence-electron chi connectivity index (χ2n) is 6.06. The Bertz CT molecular complexity index is 618. The van der Waals surface area contributed by atoms with Gasteiger partial charge in [0.25, 0.3) is 0 Å². The highest BCUT2D eigenvalue weighted by Crippen LogP contribution is 2.37. The lowest BCUT2D eigenvalue weighted by Gasteiger charge is -2.15. The van der Waals surface area contributed by atoms with E-state index in [1.807, 2.05) is 11.3 Å². The number of aromatic nitrogens is 1. The van der Waals surface area contributed by atoms with Gasteiger partial charge in [-0.1, -0.05) is 43.4 Å². The van der Waals surface area contributed by atoms with E-state index >= 15 is 0 Å². The predicted octanol–water partition coefficient (Wildman–Crippen LogP) is 3.89. The number of nitrogens with one attached hydrogen (secondary N) is 1. The summed E-state index contributed by atoms with van der Waals surface area (Å²) in [5, 5.41) is 4.65. The van der Waals surface area contributed by atoms with E-state index in [1.165, 1.54) is 16.1 Å². The fraction of sp³-hybridized carbons (Fsp3) is 0.471. The van der Waals surface area contributed by atoms with Gasteiger partial charge in [0.05, 0.1) is 5.69 Å². The Morgan fingerprint density at radius 1 is 1.33 bits per heavy atom. The Kier molecular flexibility index (Phi) is 4.27.